The molecule has 4 rings (SSSR count). The lowest BCUT2D eigenvalue weighted by Gasteiger charge is -2.09. The van der Waals surface area contributed by atoms with E-state index in [1.807, 2.05) is 32.1 Å². The number of fused-ring (bicyclic) bond motifs is 2. The highest BCUT2D eigenvalue weighted by Crippen LogP contribution is 2.36. The van der Waals surface area contributed by atoms with E-state index in [0.29, 0.717) is 23.6 Å². The van der Waals surface area contributed by atoms with Crippen molar-refractivity contribution >= 4 is 33.1 Å². The molecule has 0 N–H and O–H groups in total. The molecule has 2 heterocycles. The summed E-state index contributed by atoms with van der Waals surface area (Å²) in [6.45, 7) is 6.17. The van der Waals surface area contributed by atoms with Crippen molar-refractivity contribution in [2.24, 2.45) is 0 Å². The maximum Gasteiger partial charge on any atom is 0.220 e. The van der Waals surface area contributed by atoms with Gasteiger partial charge in [-0.05, 0) is 50.3 Å². The largest absolute Gasteiger partial charge is 0.493 e. The molecule has 0 fully saturated rings. The Kier molecular flexibility index (Phi) is 5.08. The predicted molar refractivity (Wildman–Crippen MR) is 112 cm³/mol. The zero-order valence-corrected chi connectivity index (χ0v) is 17.5. The van der Waals surface area contributed by atoms with Gasteiger partial charge in [0.05, 0.1) is 17.3 Å². The first-order valence-electron chi connectivity index (χ1n) is 9.67. The van der Waals surface area contributed by atoms with Crippen molar-refractivity contribution in [1.82, 2.24) is 4.98 Å². The van der Waals surface area contributed by atoms with Crippen LogP contribution in [-0.4, -0.2) is 31.9 Å². The van der Waals surface area contributed by atoms with Gasteiger partial charge in [-0.15, -0.1) is 0 Å². The van der Waals surface area contributed by atoms with E-state index >= 15 is 0 Å². The molecule has 6 nitrogen and oxygen atoms in total. The SMILES string of the molecule is CCOc1cc2c(cc1/C=C/c1nc3cc(S(=O)(=O)CC)ccc3o1)O[C@@H](C)C2. The molecule has 0 aliphatic carbocycles. The molecule has 0 radical (unpaired) electrons. The molecule has 1 atom stereocenters. The van der Waals surface area contributed by atoms with Crippen LogP contribution in [0.2, 0.25) is 0 Å². The van der Waals surface area contributed by atoms with Crippen LogP contribution in [0.3, 0.4) is 0 Å². The summed E-state index contributed by atoms with van der Waals surface area (Å²) in [6, 6.07) is 8.72. The summed E-state index contributed by atoms with van der Waals surface area (Å²) in [5.74, 6) is 2.09. The Balaban J connectivity index is 1.67. The molecule has 2 aromatic carbocycles. The van der Waals surface area contributed by atoms with E-state index in [1.165, 1.54) is 0 Å². The smallest absolute Gasteiger partial charge is 0.220 e. The standard InChI is InChI=1S/C22H23NO5S/c1-4-26-20-12-16-10-14(3)27-21(16)11-15(20)6-9-22-23-18-13-17(29(24,25)5-2)7-8-19(18)28-22/h6-9,11-14H,4-5,10H2,1-3H3/b9-6+/t14-/m0/s1. The van der Waals surface area contributed by atoms with Crippen molar-refractivity contribution in [3.8, 4) is 11.5 Å². The van der Waals surface area contributed by atoms with Crippen LogP contribution in [0.5, 0.6) is 11.5 Å². The minimum Gasteiger partial charge on any atom is -0.493 e. The molecule has 0 unspecified atom stereocenters. The molecule has 1 aromatic heterocycles. The summed E-state index contributed by atoms with van der Waals surface area (Å²) in [4.78, 5) is 4.66. The van der Waals surface area contributed by atoms with Crippen molar-refractivity contribution in [1.29, 1.82) is 0 Å². The Labute approximate surface area is 170 Å². The molecular formula is C22H23NO5S. The highest BCUT2D eigenvalue weighted by atomic mass is 32.2. The van der Waals surface area contributed by atoms with Gasteiger partial charge in [0, 0.05) is 23.6 Å². The zero-order valence-electron chi connectivity index (χ0n) is 16.6. The van der Waals surface area contributed by atoms with Gasteiger partial charge in [-0.1, -0.05) is 6.92 Å². The Morgan fingerprint density at radius 3 is 2.79 bits per heavy atom. The van der Waals surface area contributed by atoms with E-state index in [-0.39, 0.29) is 16.8 Å². The number of oxazole rings is 1. The quantitative estimate of drug-likeness (QED) is 0.591. The Bertz CT molecular complexity index is 1190. The molecule has 1 aliphatic rings. The average Bonchev–Trinajstić information content (AvgIpc) is 3.27. The zero-order chi connectivity index (χ0) is 20.6. The number of ether oxygens (including phenoxy) is 2. The van der Waals surface area contributed by atoms with Crippen LogP contribution in [-0.2, 0) is 16.3 Å². The van der Waals surface area contributed by atoms with Crippen LogP contribution < -0.4 is 9.47 Å². The van der Waals surface area contributed by atoms with Crippen LogP contribution in [0.15, 0.2) is 39.6 Å². The second kappa shape index (κ2) is 7.55. The highest BCUT2D eigenvalue weighted by Gasteiger charge is 2.21. The number of rotatable bonds is 6. The third kappa shape index (κ3) is 3.87. The summed E-state index contributed by atoms with van der Waals surface area (Å²) in [6.07, 6.45) is 4.64. The molecule has 1 aliphatic heterocycles. The van der Waals surface area contributed by atoms with Gasteiger partial charge in [0.15, 0.2) is 15.4 Å². The number of aromatic nitrogens is 1. The van der Waals surface area contributed by atoms with Crippen LogP contribution in [0.25, 0.3) is 23.3 Å². The first-order valence-corrected chi connectivity index (χ1v) is 11.3. The van der Waals surface area contributed by atoms with Crippen LogP contribution in [0.1, 0.15) is 37.8 Å². The molecule has 7 heteroatoms. The normalized spacial score (nSPS) is 16.3. The number of hydrogen-bond acceptors (Lipinski definition) is 6. The summed E-state index contributed by atoms with van der Waals surface area (Å²) >= 11 is 0. The van der Waals surface area contributed by atoms with Gasteiger partial charge in [-0.25, -0.2) is 13.4 Å². The average molecular weight is 413 g/mol. The van der Waals surface area contributed by atoms with Crippen molar-refractivity contribution in [2.45, 2.75) is 38.2 Å². The monoisotopic (exact) mass is 413 g/mol. The predicted octanol–water partition coefficient (Wildman–Crippen LogP) is 4.51. The second-order valence-electron chi connectivity index (χ2n) is 6.98. The summed E-state index contributed by atoms with van der Waals surface area (Å²) in [5, 5.41) is 0. The van der Waals surface area contributed by atoms with Gasteiger partial charge >= 0.3 is 0 Å². The lowest BCUT2D eigenvalue weighted by atomic mass is 10.1. The molecule has 0 saturated carbocycles. The fraction of sp³-hybridized carbons (Fsp3) is 0.318. The maximum absolute atomic E-state index is 12.1. The minimum atomic E-state index is -3.29. The lowest BCUT2D eigenvalue weighted by Crippen LogP contribution is -2.05. The van der Waals surface area contributed by atoms with E-state index in [4.69, 9.17) is 13.9 Å². The molecule has 152 valence electrons. The van der Waals surface area contributed by atoms with Gasteiger partial charge in [0.25, 0.3) is 0 Å². The van der Waals surface area contributed by atoms with Gasteiger partial charge in [0.1, 0.15) is 23.1 Å². The molecule has 0 saturated heterocycles. The number of sulfone groups is 1. The van der Waals surface area contributed by atoms with Gasteiger partial charge in [-0.2, -0.15) is 0 Å². The van der Waals surface area contributed by atoms with Crippen molar-refractivity contribution < 1.29 is 22.3 Å². The highest BCUT2D eigenvalue weighted by molar-refractivity contribution is 7.91. The van der Waals surface area contributed by atoms with E-state index < -0.39 is 9.84 Å². The number of nitrogens with zero attached hydrogens (tertiary/aromatic N) is 1. The Hall–Kier alpha value is -2.80. The number of benzene rings is 2. The van der Waals surface area contributed by atoms with Crippen molar-refractivity contribution in [3.05, 3.63) is 47.3 Å². The molecule has 3 aromatic rings. The Morgan fingerprint density at radius 2 is 2.03 bits per heavy atom. The third-order valence-corrected chi connectivity index (χ3v) is 6.58. The van der Waals surface area contributed by atoms with Gasteiger partial charge in [0.2, 0.25) is 5.89 Å². The second-order valence-corrected chi connectivity index (χ2v) is 9.26. The fourth-order valence-corrected chi connectivity index (χ4v) is 4.28. The third-order valence-electron chi connectivity index (χ3n) is 4.85. The van der Waals surface area contributed by atoms with E-state index in [9.17, 15) is 8.42 Å². The molecule has 0 bridgehead atoms. The van der Waals surface area contributed by atoms with Crippen LogP contribution in [0, 0.1) is 0 Å². The van der Waals surface area contributed by atoms with Crippen molar-refractivity contribution in [2.75, 3.05) is 12.4 Å². The Morgan fingerprint density at radius 1 is 1.21 bits per heavy atom. The van der Waals surface area contributed by atoms with E-state index in [1.54, 1.807) is 31.2 Å². The van der Waals surface area contributed by atoms with Gasteiger partial charge in [-0.3, -0.25) is 0 Å². The summed E-state index contributed by atoms with van der Waals surface area (Å²) in [7, 11) is -3.29. The summed E-state index contributed by atoms with van der Waals surface area (Å²) in [5.41, 5.74) is 3.06. The maximum atomic E-state index is 12.1. The fourth-order valence-electron chi connectivity index (χ4n) is 3.38. The molecule has 0 spiro atoms. The van der Waals surface area contributed by atoms with Crippen LogP contribution in [0.4, 0.5) is 0 Å². The van der Waals surface area contributed by atoms with Crippen molar-refractivity contribution in [3.63, 3.8) is 0 Å². The molecular weight excluding hydrogens is 390 g/mol. The van der Waals surface area contributed by atoms with E-state index in [0.717, 1.165) is 29.0 Å². The lowest BCUT2D eigenvalue weighted by molar-refractivity contribution is 0.254. The number of hydrogen-bond donors (Lipinski definition) is 0. The first-order chi connectivity index (χ1) is 13.9. The van der Waals surface area contributed by atoms with Crippen LogP contribution >= 0.6 is 0 Å². The summed E-state index contributed by atoms with van der Waals surface area (Å²) < 4.78 is 41.5. The minimum absolute atomic E-state index is 0.0440. The topological polar surface area (TPSA) is 78.6 Å². The first kappa shape index (κ1) is 19.5. The van der Waals surface area contributed by atoms with E-state index in [2.05, 4.69) is 4.98 Å². The van der Waals surface area contributed by atoms with Gasteiger partial charge < -0.3 is 13.9 Å². The molecule has 0 amide bonds. The molecule has 29 heavy (non-hydrogen) atoms.